The summed E-state index contributed by atoms with van der Waals surface area (Å²) < 4.78 is 1.70. The van der Waals surface area contributed by atoms with Crippen molar-refractivity contribution in [2.75, 3.05) is 23.3 Å². The highest BCUT2D eigenvalue weighted by Crippen LogP contribution is 2.23. The quantitative estimate of drug-likeness (QED) is 0.745. The third-order valence-corrected chi connectivity index (χ3v) is 4.41. The van der Waals surface area contributed by atoms with Gasteiger partial charge in [0.2, 0.25) is 5.95 Å². The summed E-state index contributed by atoms with van der Waals surface area (Å²) in [5.74, 6) is 0.0487. The van der Waals surface area contributed by atoms with E-state index in [4.69, 9.17) is 0 Å². The van der Waals surface area contributed by atoms with E-state index in [1.54, 1.807) is 34.0 Å². The van der Waals surface area contributed by atoms with Crippen molar-refractivity contribution in [2.45, 2.75) is 6.92 Å². The van der Waals surface area contributed by atoms with Gasteiger partial charge in [0.05, 0.1) is 5.69 Å². The predicted molar refractivity (Wildman–Crippen MR) is 101 cm³/mol. The molecule has 0 bridgehead atoms. The molecule has 0 unspecified atom stereocenters. The summed E-state index contributed by atoms with van der Waals surface area (Å²) >= 11 is 0. The smallest absolute Gasteiger partial charge is 0.322 e. The number of anilines is 2. The number of urea groups is 1. The second-order valence-electron chi connectivity index (χ2n) is 6.20. The highest BCUT2D eigenvalue weighted by Gasteiger charge is 2.23. The Morgan fingerprint density at radius 2 is 2.00 bits per heavy atom. The van der Waals surface area contributed by atoms with Gasteiger partial charge in [-0.2, -0.15) is 0 Å². The Kier molecular flexibility index (Phi) is 4.29. The van der Waals surface area contributed by atoms with Crippen LogP contribution < -0.4 is 15.5 Å². The van der Waals surface area contributed by atoms with Gasteiger partial charge in [0.1, 0.15) is 6.33 Å². The highest BCUT2D eigenvalue weighted by atomic mass is 16.2. The number of carbonyl (C=O) groups excluding carboxylic acids is 2. The van der Waals surface area contributed by atoms with Crippen LogP contribution in [0.2, 0.25) is 0 Å². The molecule has 136 valence electrons. The Balaban J connectivity index is 1.55. The van der Waals surface area contributed by atoms with E-state index in [1.165, 1.54) is 0 Å². The first-order valence-corrected chi connectivity index (χ1v) is 8.56. The molecule has 8 heteroatoms. The predicted octanol–water partition coefficient (Wildman–Crippen LogP) is 2.36. The molecule has 3 amide bonds. The average molecular weight is 362 g/mol. The fourth-order valence-electron chi connectivity index (χ4n) is 3.07. The fraction of sp³-hybridized carbons (Fsp3) is 0.158. The molecule has 1 saturated heterocycles. The third kappa shape index (κ3) is 3.24. The standard InChI is InChI=1S/C19H18N6O2/c1-13-11-14(7-8-16(13)24-10-9-20-19(24)27)17(26)22-18-23-21-12-25(18)15-5-3-2-4-6-15/h2-8,11-12H,9-10H2,1H3,(H,20,27)(H,22,23,26). The normalized spacial score (nSPS) is 13.5. The van der Waals surface area contributed by atoms with Crippen LogP contribution >= 0.6 is 0 Å². The molecule has 3 aromatic rings. The molecular formula is C19H18N6O2. The molecule has 0 aliphatic carbocycles. The van der Waals surface area contributed by atoms with Crippen LogP contribution in [0.3, 0.4) is 0 Å². The average Bonchev–Trinajstić information content (AvgIpc) is 3.31. The van der Waals surface area contributed by atoms with E-state index in [9.17, 15) is 9.59 Å². The van der Waals surface area contributed by atoms with Crippen LogP contribution in [0.4, 0.5) is 16.4 Å². The Hall–Kier alpha value is -3.68. The van der Waals surface area contributed by atoms with Crippen molar-refractivity contribution < 1.29 is 9.59 Å². The largest absolute Gasteiger partial charge is 0.336 e. The SMILES string of the molecule is Cc1cc(C(=O)Nc2nncn2-c2ccccc2)ccc1N1CCNC1=O. The molecule has 0 atom stereocenters. The second-order valence-corrected chi connectivity index (χ2v) is 6.20. The van der Waals surface area contributed by atoms with Gasteiger partial charge in [0.25, 0.3) is 5.91 Å². The zero-order chi connectivity index (χ0) is 18.8. The number of aryl methyl sites for hydroxylation is 1. The van der Waals surface area contributed by atoms with Gasteiger partial charge in [-0.3, -0.25) is 19.6 Å². The van der Waals surface area contributed by atoms with Gasteiger partial charge in [0, 0.05) is 24.3 Å². The summed E-state index contributed by atoms with van der Waals surface area (Å²) in [5, 5.41) is 13.4. The number of hydrogen-bond donors (Lipinski definition) is 2. The van der Waals surface area contributed by atoms with Gasteiger partial charge in [0.15, 0.2) is 0 Å². The van der Waals surface area contributed by atoms with Gasteiger partial charge in [-0.1, -0.05) is 18.2 Å². The molecular weight excluding hydrogens is 344 g/mol. The molecule has 0 saturated carbocycles. The molecule has 1 aliphatic rings. The lowest BCUT2D eigenvalue weighted by atomic mass is 10.1. The molecule has 8 nitrogen and oxygen atoms in total. The van der Waals surface area contributed by atoms with Crippen LogP contribution in [0.15, 0.2) is 54.9 Å². The van der Waals surface area contributed by atoms with Crippen LogP contribution in [0.5, 0.6) is 0 Å². The van der Waals surface area contributed by atoms with Crippen molar-refractivity contribution in [3.8, 4) is 5.69 Å². The lowest BCUT2D eigenvalue weighted by molar-refractivity contribution is 0.102. The fourth-order valence-corrected chi connectivity index (χ4v) is 3.07. The minimum atomic E-state index is -0.291. The highest BCUT2D eigenvalue weighted by molar-refractivity contribution is 6.04. The monoisotopic (exact) mass is 362 g/mol. The molecule has 2 N–H and O–H groups in total. The summed E-state index contributed by atoms with van der Waals surface area (Å²) in [4.78, 5) is 26.2. The summed E-state index contributed by atoms with van der Waals surface area (Å²) in [5.41, 5.74) is 2.99. The van der Waals surface area contributed by atoms with Crippen LogP contribution in [0.1, 0.15) is 15.9 Å². The van der Waals surface area contributed by atoms with Crippen molar-refractivity contribution >= 4 is 23.6 Å². The lowest BCUT2D eigenvalue weighted by Crippen LogP contribution is -2.28. The van der Waals surface area contributed by atoms with Gasteiger partial charge in [-0.25, -0.2) is 4.79 Å². The summed E-state index contributed by atoms with van der Waals surface area (Å²) in [6.07, 6.45) is 1.55. The maximum Gasteiger partial charge on any atom is 0.322 e. The lowest BCUT2D eigenvalue weighted by Gasteiger charge is -2.17. The van der Waals surface area contributed by atoms with Gasteiger partial charge in [-0.05, 0) is 42.8 Å². The number of aromatic nitrogens is 3. The maximum absolute atomic E-state index is 12.7. The van der Waals surface area contributed by atoms with Crippen LogP contribution in [0, 0.1) is 6.92 Å². The van der Waals surface area contributed by atoms with Gasteiger partial charge < -0.3 is 5.32 Å². The number of rotatable bonds is 4. The maximum atomic E-state index is 12.7. The minimum absolute atomic E-state index is 0.119. The summed E-state index contributed by atoms with van der Waals surface area (Å²) in [7, 11) is 0. The Morgan fingerprint density at radius 3 is 2.70 bits per heavy atom. The van der Waals surface area contributed by atoms with E-state index in [2.05, 4.69) is 20.8 Å². The number of carbonyl (C=O) groups is 2. The molecule has 27 heavy (non-hydrogen) atoms. The van der Waals surface area contributed by atoms with E-state index < -0.39 is 0 Å². The van der Waals surface area contributed by atoms with Crippen molar-refractivity contribution in [2.24, 2.45) is 0 Å². The van der Waals surface area contributed by atoms with Gasteiger partial charge >= 0.3 is 6.03 Å². The zero-order valence-electron chi connectivity index (χ0n) is 14.7. The molecule has 2 aromatic carbocycles. The molecule has 4 rings (SSSR count). The second kappa shape index (κ2) is 6.91. The molecule has 2 heterocycles. The van der Waals surface area contributed by atoms with Gasteiger partial charge in [-0.15, -0.1) is 10.2 Å². The van der Waals surface area contributed by atoms with E-state index in [0.717, 1.165) is 16.9 Å². The van der Waals surface area contributed by atoms with Crippen molar-refractivity contribution in [1.82, 2.24) is 20.1 Å². The zero-order valence-corrected chi connectivity index (χ0v) is 14.7. The van der Waals surface area contributed by atoms with E-state index in [1.807, 2.05) is 37.3 Å². The molecule has 1 aromatic heterocycles. The number of benzene rings is 2. The first kappa shape index (κ1) is 16.8. The van der Waals surface area contributed by atoms with Crippen molar-refractivity contribution in [3.63, 3.8) is 0 Å². The van der Waals surface area contributed by atoms with Crippen LogP contribution in [-0.4, -0.2) is 39.8 Å². The van der Waals surface area contributed by atoms with Crippen molar-refractivity contribution in [1.29, 1.82) is 0 Å². The summed E-state index contributed by atoms with van der Waals surface area (Å²) in [6, 6.07) is 14.7. The first-order valence-electron chi connectivity index (χ1n) is 8.56. The minimum Gasteiger partial charge on any atom is -0.336 e. The van der Waals surface area contributed by atoms with Crippen LogP contribution in [-0.2, 0) is 0 Å². The first-order chi connectivity index (χ1) is 13.1. The number of para-hydroxylation sites is 1. The molecule has 1 fully saturated rings. The third-order valence-electron chi connectivity index (χ3n) is 4.41. The summed E-state index contributed by atoms with van der Waals surface area (Å²) in [6.45, 7) is 3.12. The number of nitrogens with zero attached hydrogens (tertiary/aromatic N) is 4. The van der Waals surface area contributed by atoms with Crippen molar-refractivity contribution in [3.05, 3.63) is 66.0 Å². The topological polar surface area (TPSA) is 92.2 Å². The van der Waals surface area contributed by atoms with E-state index in [-0.39, 0.29) is 11.9 Å². The van der Waals surface area contributed by atoms with E-state index >= 15 is 0 Å². The molecule has 0 spiro atoms. The molecule has 1 aliphatic heterocycles. The Bertz CT molecular complexity index is 998. The Morgan fingerprint density at radius 1 is 1.19 bits per heavy atom. The molecule has 0 radical (unpaired) electrons. The number of amides is 3. The number of hydrogen-bond acceptors (Lipinski definition) is 4. The van der Waals surface area contributed by atoms with E-state index in [0.29, 0.717) is 24.6 Å². The van der Waals surface area contributed by atoms with Crippen LogP contribution in [0.25, 0.3) is 5.69 Å². The number of nitrogens with one attached hydrogen (secondary N) is 2. The Labute approximate surface area is 155 Å².